The molecule has 0 unspecified atom stereocenters. The van der Waals surface area contributed by atoms with Crippen molar-refractivity contribution in [3.05, 3.63) is 94.2 Å². The largest absolute Gasteiger partial charge is 0.391 e. The highest BCUT2D eigenvalue weighted by molar-refractivity contribution is 7.13. The van der Waals surface area contributed by atoms with Crippen molar-refractivity contribution in [2.24, 2.45) is 11.1 Å². The maximum absolute atomic E-state index is 14.0. The lowest BCUT2D eigenvalue weighted by Crippen LogP contribution is -2.58. The Labute approximate surface area is 398 Å². The topological polar surface area (TPSA) is 244 Å². The summed E-state index contributed by atoms with van der Waals surface area (Å²) < 4.78 is 13.6. The van der Waals surface area contributed by atoms with Crippen molar-refractivity contribution in [1.29, 1.82) is 0 Å². The second kappa shape index (κ2) is 21.4. The van der Waals surface area contributed by atoms with Gasteiger partial charge in [-0.15, -0.1) is 11.3 Å². The van der Waals surface area contributed by atoms with E-state index in [0.29, 0.717) is 35.7 Å². The number of likely N-dealkylation sites (tertiary alicyclic amines) is 1. The summed E-state index contributed by atoms with van der Waals surface area (Å²) in [5.41, 5.74) is 12.4. The number of aliphatic hydroxyl groups is 1. The predicted molar refractivity (Wildman–Crippen MR) is 263 cm³/mol. The Morgan fingerprint density at radius 1 is 1.03 bits per heavy atom. The molecular formula is C49H61N11O7S. The number of amides is 3. The fourth-order valence-electron chi connectivity index (χ4n) is 8.97. The normalized spacial score (nSPS) is 19.0. The van der Waals surface area contributed by atoms with Crippen LogP contribution in [0.1, 0.15) is 64.1 Å². The molecule has 5 atom stereocenters. The third kappa shape index (κ3) is 11.4. The third-order valence-corrected chi connectivity index (χ3v) is 13.6. The number of β-amino-alcohol motifs (C(OH)–C–C–N with tert-alkyl or cyclic N) is 1. The lowest BCUT2D eigenvalue weighted by Gasteiger charge is -2.35. The molecule has 68 heavy (non-hydrogen) atoms. The smallest absolute Gasteiger partial charge is 0.262 e. The number of hydrogen-bond donors (Lipinski definition) is 7. The zero-order valence-electron chi connectivity index (χ0n) is 38.9. The summed E-state index contributed by atoms with van der Waals surface area (Å²) in [5, 5.41) is 24.5. The fourth-order valence-corrected chi connectivity index (χ4v) is 9.78. The van der Waals surface area contributed by atoms with Gasteiger partial charge in [-0.25, -0.2) is 15.0 Å². The number of carbonyl (C=O) groups is 3. The van der Waals surface area contributed by atoms with Crippen molar-refractivity contribution >= 4 is 68.2 Å². The van der Waals surface area contributed by atoms with Gasteiger partial charge in [0.2, 0.25) is 17.7 Å². The van der Waals surface area contributed by atoms with Gasteiger partial charge in [0.15, 0.2) is 0 Å². The highest BCUT2D eigenvalue weighted by atomic mass is 32.1. The number of nitrogens with zero attached hydrogens (tertiary/aromatic N) is 5. The summed E-state index contributed by atoms with van der Waals surface area (Å²) in [6.07, 6.45) is 6.66. The van der Waals surface area contributed by atoms with Crippen LogP contribution < -0.4 is 32.6 Å². The van der Waals surface area contributed by atoms with Gasteiger partial charge in [-0.05, 0) is 54.5 Å². The number of H-pyrrole nitrogens is 1. The molecule has 360 valence electrons. The maximum Gasteiger partial charge on any atom is 0.262 e. The van der Waals surface area contributed by atoms with Crippen molar-refractivity contribution in [2.45, 2.75) is 103 Å². The molecule has 1 aliphatic carbocycles. The molecule has 19 heteroatoms. The quantitative estimate of drug-likeness (QED) is 0.0564. The first-order valence-corrected chi connectivity index (χ1v) is 24.1. The van der Waals surface area contributed by atoms with E-state index in [9.17, 15) is 24.3 Å². The van der Waals surface area contributed by atoms with Gasteiger partial charge in [-0.2, -0.15) is 0 Å². The van der Waals surface area contributed by atoms with Gasteiger partial charge >= 0.3 is 0 Å². The van der Waals surface area contributed by atoms with E-state index in [2.05, 4.69) is 40.8 Å². The lowest BCUT2D eigenvalue weighted by atomic mass is 9.85. The summed E-state index contributed by atoms with van der Waals surface area (Å²) in [7, 11) is 0. The van der Waals surface area contributed by atoms with Crippen molar-refractivity contribution < 1.29 is 29.0 Å². The molecule has 2 aliphatic rings. The number of hydrogen-bond acceptors (Lipinski definition) is 14. The molecule has 5 heterocycles. The van der Waals surface area contributed by atoms with Crippen molar-refractivity contribution in [3.8, 4) is 10.4 Å². The van der Waals surface area contributed by atoms with Crippen molar-refractivity contribution in [3.63, 3.8) is 0 Å². The van der Waals surface area contributed by atoms with E-state index >= 15 is 0 Å². The number of rotatable bonds is 18. The summed E-state index contributed by atoms with van der Waals surface area (Å²) in [4.78, 5) is 72.4. The molecule has 2 aromatic carbocycles. The third-order valence-electron chi connectivity index (χ3n) is 12.6. The number of aliphatic hydroxyl groups excluding tert-OH is 1. The molecule has 1 saturated carbocycles. The number of anilines is 3. The minimum Gasteiger partial charge on any atom is -0.391 e. The minimum absolute atomic E-state index is 0.0171. The van der Waals surface area contributed by atoms with Gasteiger partial charge in [0.05, 0.1) is 59.4 Å². The number of fused-ring (bicyclic) bond motifs is 2. The van der Waals surface area contributed by atoms with Crippen LogP contribution in [-0.4, -0.2) is 115 Å². The Hall–Kier alpha value is -6.25. The molecule has 8 N–H and O–H groups in total. The number of nitrogens with two attached hydrogens (primary N) is 1. The molecule has 6 aromatic rings. The number of carbonyl (C=O) groups excluding carboxylic acids is 3. The molecule has 1 saturated heterocycles. The van der Waals surface area contributed by atoms with Gasteiger partial charge in [0, 0.05) is 61.5 Å². The number of aryl methyl sites for hydroxylation is 1. The number of nitrogens with one attached hydrogen (secondary N) is 5. The molecule has 2 fully saturated rings. The van der Waals surface area contributed by atoms with Crippen LogP contribution in [0.5, 0.6) is 0 Å². The number of benzene rings is 2. The molecule has 8 rings (SSSR count). The Kier molecular flexibility index (Phi) is 15.1. The van der Waals surface area contributed by atoms with E-state index in [4.69, 9.17) is 20.2 Å². The zero-order chi connectivity index (χ0) is 48.0. The number of ether oxygens (including phenoxy) is 2. The number of pyridine rings is 1. The second-order valence-electron chi connectivity index (χ2n) is 18.7. The zero-order valence-corrected chi connectivity index (χ0v) is 39.7. The van der Waals surface area contributed by atoms with Crippen LogP contribution in [0.3, 0.4) is 0 Å². The minimum atomic E-state index is -0.978. The van der Waals surface area contributed by atoms with Gasteiger partial charge in [0.1, 0.15) is 35.7 Å². The molecule has 18 nitrogen and oxygen atoms in total. The van der Waals surface area contributed by atoms with Crippen LogP contribution in [0.25, 0.3) is 32.2 Å². The van der Waals surface area contributed by atoms with E-state index in [-0.39, 0.29) is 62.9 Å². The van der Waals surface area contributed by atoms with Gasteiger partial charge in [0.25, 0.3) is 5.56 Å². The summed E-state index contributed by atoms with van der Waals surface area (Å²) >= 11 is 1.57. The van der Waals surface area contributed by atoms with Crippen LogP contribution in [0.15, 0.2) is 77.4 Å². The van der Waals surface area contributed by atoms with Crippen LogP contribution in [0.4, 0.5) is 17.3 Å². The van der Waals surface area contributed by atoms with E-state index < -0.39 is 35.4 Å². The van der Waals surface area contributed by atoms with Crippen LogP contribution in [-0.2, 0) is 36.9 Å². The summed E-state index contributed by atoms with van der Waals surface area (Å²) in [6.45, 7) is 8.69. The van der Waals surface area contributed by atoms with Gasteiger partial charge < -0.3 is 56.0 Å². The first-order valence-electron chi connectivity index (χ1n) is 23.2. The molecular weight excluding hydrogens is 887 g/mol. The Morgan fingerprint density at radius 3 is 2.59 bits per heavy atom. The first-order chi connectivity index (χ1) is 32.7. The molecule has 4 aromatic heterocycles. The number of aromatic nitrogens is 5. The van der Waals surface area contributed by atoms with E-state index in [1.165, 1.54) is 11.2 Å². The maximum atomic E-state index is 14.0. The van der Waals surface area contributed by atoms with E-state index in [1.807, 2.05) is 87.9 Å². The number of thiazole rings is 1. The highest BCUT2D eigenvalue weighted by Crippen LogP contribution is 2.32. The molecule has 0 bridgehead atoms. The summed E-state index contributed by atoms with van der Waals surface area (Å²) in [5.74, 6) is -0.322. The Balaban J connectivity index is 0.801. The van der Waals surface area contributed by atoms with E-state index in [1.54, 1.807) is 17.4 Å². The average Bonchev–Trinajstić information content (AvgIpc) is 4.06. The molecule has 3 amide bonds. The highest BCUT2D eigenvalue weighted by Gasteiger charge is 2.44. The van der Waals surface area contributed by atoms with E-state index in [0.717, 1.165) is 64.0 Å². The van der Waals surface area contributed by atoms with Crippen LogP contribution >= 0.6 is 11.3 Å². The van der Waals surface area contributed by atoms with Gasteiger partial charge in [-0.3, -0.25) is 19.2 Å². The summed E-state index contributed by atoms with van der Waals surface area (Å²) in [6, 6.07) is 15.8. The number of aromatic amines is 1. The van der Waals surface area contributed by atoms with Gasteiger partial charge in [-0.1, -0.05) is 63.9 Å². The first kappa shape index (κ1) is 48.2. The standard InChI is InChI=1S/C49H61N11O7S/c1-29-43(68-28-54-29)31-14-12-30(13-15-31)24-51-46(63)39-22-32(61)25-60(39)48(65)44(49(2,3)4)58-41(62)26-67-21-20-66-19-18-59-17-16-33-35(10-7-11-38(33)59)56-45-42-37(52-27-53-47(42)64)23-40(57-45)55-36-9-6-5-8-34(36)50/h7,10-17,23,27-28,32,34,36,39,44,61H,5-6,8-9,18-22,24-26,50H2,1-4H3,(H,51,63)(H,58,62)(H,52,53,64)(H2,55,56,57)/t32-,34+,36-,39+,44-/m1/s1. The van der Waals surface area contributed by atoms with Crippen molar-refractivity contribution in [1.82, 2.24) is 40.0 Å². The Bertz CT molecular complexity index is 2790. The molecule has 0 radical (unpaired) electrons. The average molecular weight is 948 g/mol. The van der Waals surface area contributed by atoms with Crippen LogP contribution in [0, 0.1) is 12.3 Å². The Morgan fingerprint density at radius 2 is 1.82 bits per heavy atom. The molecule has 1 aliphatic heterocycles. The SMILES string of the molecule is Cc1ncsc1-c1ccc(CNC(=O)[C@@H]2C[C@@H](O)CN2C(=O)[C@@H](NC(=O)COCCOCCn2ccc3c(Nc4nc(N[C@@H]5CCCC[C@@H]5N)cc5nc[nH]c(=O)c45)cccc32)C(C)(C)C)cc1. The van der Waals surface area contributed by atoms with Crippen LogP contribution in [0.2, 0.25) is 0 Å². The monoisotopic (exact) mass is 947 g/mol. The second-order valence-corrected chi connectivity index (χ2v) is 19.5. The molecule has 0 spiro atoms. The fraction of sp³-hybridized carbons (Fsp3) is 0.449. The van der Waals surface area contributed by atoms with Crippen molar-refractivity contribution in [2.75, 3.05) is 43.6 Å². The predicted octanol–water partition coefficient (Wildman–Crippen LogP) is 4.97. The lowest BCUT2D eigenvalue weighted by molar-refractivity contribution is -0.144.